The SMILES string of the molecule is CCOc1cc(/C=C(\C#N)c2ccc(OC)cc2)cc(Cl)c1OS(=O)(=O)c1ccccc1. The standard InChI is InChI=1S/C24H20ClNO5S/c1-3-30-23-15-17(13-19(16-26)18-9-11-20(29-2)12-10-18)14-22(25)24(23)31-32(27,28)21-7-5-4-6-8-21/h4-15H,3H2,1-2H3/b19-13+. The molecule has 32 heavy (non-hydrogen) atoms. The molecule has 0 unspecified atom stereocenters. The molecule has 3 aromatic rings. The average molecular weight is 470 g/mol. The van der Waals surface area contributed by atoms with Gasteiger partial charge in [-0.1, -0.05) is 29.8 Å². The number of rotatable bonds is 8. The third kappa shape index (κ3) is 5.41. The van der Waals surface area contributed by atoms with Crippen molar-refractivity contribution in [3.05, 3.63) is 82.9 Å². The summed E-state index contributed by atoms with van der Waals surface area (Å²) in [7, 11) is -2.55. The summed E-state index contributed by atoms with van der Waals surface area (Å²) in [4.78, 5) is -0.00578. The Kier molecular flexibility index (Phi) is 7.41. The Bertz CT molecular complexity index is 1260. The van der Waals surface area contributed by atoms with Crippen molar-refractivity contribution >= 4 is 33.4 Å². The van der Waals surface area contributed by atoms with Crippen molar-refractivity contribution in [1.29, 1.82) is 5.26 Å². The van der Waals surface area contributed by atoms with Gasteiger partial charge in [0, 0.05) is 0 Å². The molecule has 0 aliphatic heterocycles. The third-order valence-corrected chi connectivity index (χ3v) is 5.91. The number of hydrogen-bond acceptors (Lipinski definition) is 6. The molecule has 0 aliphatic carbocycles. The summed E-state index contributed by atoms with van der Waals surface area (Å²) >= 11 is 6.38. The molecule has 3 rings (SSSR count). The molecule has 0 amide bonds. The van der Waals surface area contributed by atoms with E-state index in [2.05, 4.69) is 6.07 Å². The molecule has 0 saturated heterocycles. The molecule has 0 spiro atoms. The fourth-order valence-electron chi connectivity index (χ4n) is 2.88. The fourth-order valence-corrected chi connectivity index (χ4v) is 4.16. The maximum Gasteiger partial charge on any atom is 0.339 e. The number of methoxy groups -OCH3 is 1. The van der Waals surface area contributed by atoms with Crippen molar-refractivity contribution in [3.63, 3.8) is 0 Å². The van der Waals surface area contributed by atoms with Crippen molar-refractivity contribution in [2.45, 2.75) is 11.8 Å². The highest BCUT2D eigenvalue weighted by molar-refractivity contribution is 7.87. The molecule has 0 bridgehead atoms. The maximum atomic E-state index is 12.7. The largest absolute Gasteiger partial charge is 0.497 e. The van der Waals surface area contributed by atoms with Crippen LogP contribution in [0.5, 0.6) is 17.2 Å². The summed E-state index contributed by atoms with van der Waals surface area (Å²) in [6.45, 7) is 2.01. The highest BCUT2D eigenvalue weighted by Crippen LogP contribution is 2.39. The van der Waals surface area contributed by atoms with Gasteiger partial charge in [-0.3, -0.25) is 0 Å². The van der Waals surface area contributed by atoms with Crippen LogP contribution in [0.3, 0.4) is 0 Å². The van der Waals surface area contributed by atoms with E-state index >= 15 is 0 Å². The van der Waals surface area contributed by atoms with Crippen molar-refractivity contribution in [3.8, 4) is 23.3 Å². The van der Waals surface area contributed by atoms with E-state index in [1.165, 1.54) is 18.2 Å². The van der Waals surface area contributed by atoms with Gasteiger partial charge in [-0.15, -0.1) is 0 Å². The molecular formula is C24H20ClNO5S. The van der Waals surface area contributed by atoms with Gasteiger partial charge in [-0.25, -0.2) is 0 Å². The zero-order valence-corrected chi connectivity index (χ0v) is 19.0. The van der Waals surface area contributed by atoms with E-state index < -0.39 is 10.1 Å². The molecular weight excluding hydrogens is 450 g/mol. The predicted molar refractivity (Wildman–Crippen MR) is 123 cm³/mol. The minimum absolute atomic E-state index is 0.00578. The highest BCUT2D eigenvalue weighted by atomic mass is 35.5. The number of ether oxygens (including phenoxy) is 2. The number of hydrogen-bond donors (Lipinski definition) is 0. The van der Waals surface area contributed by atoms with E-state index in [4.69, 9.17) is 25.3 Å². The Balaban J connectivity index is 2.01. The van der Waals surface area contributed by atoms with Crippen LogP contribution in [-0.4, -0.2) is 22.1 Å². The van der Waals surface area contributed by atoms with Crippen molar-refractivity contribution in [2.75, 3.05) is 13.7 Å². The first kappa shape index (κ1) is 23.2. The molecule has 0 heterocycles. The quantitative estimate of drug-likeness (QED) is 0.243. The number of halogens is 1. The zero-order valence-electron chi connectivity index (χ0n) is 17.4. The smallest absolute Gasteiger partial charge is 0.339 e. The molecule has 0 fully saturated rings. The lowest BCUT2D eigenvalue weighted by molar-refractivity contribution is 0.327. The third-order valence-electron chi connectivity index (χ3n) is 4.39. The molecule has 8 heteroatoms. The predicted octanol–water partition coefficient (Wildman–Crippen LogP) is 5.58. The Morgan fingerprint density at radius 3 is 2.38 bits per heavy atom. The van der Waals surface area contributed by atoms with Gasteiger partial charge in [0.1, 0.15) is 10.6 Å². The van der Waals surface area contributed by atoms with E-state index in [-0.39, 0.29) is 28.0 Å². The second kappa shape index (κ2) is 10.2. The van der Waals surface area contributed by atoms with Gasteiger partial charge in [0.25, 0.3) is 0 Å². The fraction of sp³-hybridized carbons (Fsp3) is 0.125. The van der Waals surface area contributed by atoms with Crippen LogP contribution in [0, 0.1) is 11.3 Å². The van der Waals surface area contributed by atoms with Crippen LogP contribution in [0.4, 0.5) is 0 Å². The Labute approximate surface area is 192 Å². The summed E-state index contributed by atoms with van der Waals surface area (Å²) in [5.74, 6) is 0.712. The van der Waals surface area contributed by atoms with Gasteiger partial charge in [-0.05, 0) is 72.7 Å². The molecule has 0 aromatic heterocycles. The van der Waals surface area contributed by atoms with Gasteiger partial charge < -0.3 is 13.7 Å². The van der Waals surface area contributed by atoms with Crippen LogP contribution in [0.1, 0.15) is 18.1 Å². The van der Waals surface area contributed by atoms with Gasteiger partial charge in [0.2, 0.25) is 5.75 Å². The van der Waals surface area contributed by atoms with Crippen molar-refractivity contribution < 1.29 is 22.1 Å². The van der Waals surface area contributed by atoms with Crippen LogP contribution in [0.25, 0.3) is 11.6 Å². The summed E-state index contributed by atoms with van der Waals surface area (Å²) in [5, 5.41) is 9.66. The number of allylic oxidation sites excluding steroid dienone is 1. The van der Waals surface area contributed by atoms with E-state index in [0.29, 0.717) is 22.4 Å². The molecule has 0 N–H and O–H groups in total. The highest BCUT2D eigenvalue weighted by Gasteiger charge is 2.22. The molecule has 0 atom stereocenters. The second-order valence-corrected chi connectivity index (χ2v) is 8.47. The van der Waals surface area contributed by atoms with E-state index in [9.17, 15) is 13.7 Å². The first-order valence-corrected chi connectivity index (χ1v) is 11.4. The van der Waals surface area contributed by atoms with Crippen LogP contribution >= 0.6 is 11.6 Å². The van der Waals surface area contributed by atoms with Gasteiger partial charge >= 0.3 is 10.1 Å². The Morgan fingerprint density at radius 1 is 1.09 bits per heavy atom. The number of nitrogens with zero attached hydrogens (tertiary/aromatic N) is 1. The Hall–Kier alpha value is -3.47. The average Bonchev–Trinajstić information content (AvgIpc) is 2.80. The van der Waals surface area contributed by atoms with E-state index in [1.54, 1.807) is 68.6 Å². The van der Waals surface area contributed by atoms with Crippen LogP contribution in [0.2, 0.25) is 5.02 Å². The van der Waals surface area contributed by atoms with Gasteiger partial charge in [0.15, 0.2) is 5.75 Å². The lowest BCUT2D eigenvalue weighted by Crippen LogP contribution is -2.11. The second-order valence-electron chi connectivity index (χ2n) is 6.51. The van der Waals surface area contributed by atoms with Crippen molar-refractivity contribution in [1.82, 2.24) is 0 Å². The first-order chi connectivity index (χ1) is 15.4. The minimum Gasteiger partial charge on any atom is -0.497 e. The van der Waals surface area contributed by atoms with E-state index in [0.717, 1.165) is 0 Å². The number of nitriles is 1. The normalized spacial score (nSPS) is 11.5. The minimum atomic E-state index is -4.11. The molecule has 6 nitrogen and oxygen atoms in total. The summed E-state index contributed by atoms with van der Waals surface area (Å²) in [6.07, 6.45) is 1.63. The molecule has 3 aromatic carbocycles. The number of benzene rings is 3. The topological polar surface area (TPSA) is 85.6 Å². The zero-order chi connectivity index (χ0) is 23.1. The van der Waals surface area contributed by atoms with Gasteiger partial charge in [-0.2, -0.15) is 13.7 Å². The maximum absolute atomic E-state index is 12.7. The van der Waals surface area contributed by atoms with Crippen LogP contribution in [-0.2, 0) is 10.1 Å². The first-order valence-electron chi connectivity index (χ1n) is 9.60. The molecule has 164 valence electrons. The van der Waals surface area contributed by atoms with Crippen LogP contribution in [0.15, 0.2) is 71.6 Å². The van der Waals surface area contributed by atoms with Crippen molar-refractivity contribution in [2.24, 2.45) is 0 Å². The molecule has 0 saturated carbocycles. The molecule has 0 aliphatic rings. The summed E-state index contributed by atoms with van der Waals surface area (Å²) < 4.78 is 41.4. The van der Waals surface area contributed by atoms with E-state index in [1.807, 2.05) is 0 Å². The summed E-state index contributed by atoms with van der Waals surface area (Å²) in [6, 6.07) is 20.0. The van der Waals surface area contributed by atoms with Crippen LogP contribution < -0.4 is 13.7 Å². The monoisotopic (exact) mass is 469 g/mol. The lowest BCUT2D eigenvalue weighted by Gasteiger charge is -2.14. The lowest BCUT2D eigenvalue weighted by atomic mass is 10.0. The summed E-state index contributed by atoms with van der Waals surface area (Å²) in [5.41, 5.74) is 1.63. The van der Waals surface area contributed by atoms with Gasteiger partial charge in [0.05, 0.1) is 30.4 Å². The Morgan fingerprint density at radius 2 is 1.78 bits per heavy atom. The molecule has 0 radical (unpaired) electrons.